The van der Waals surface area contributed by atoms with Gasteiger partial charge in [0.05, 0.1) is 6.21 Å². The molecule has 2 aromatic heterocycles. The van der Waals surface area contributed by atoms with Gasteiger partial charge in [-0.25, -0.2) is 10.4 Å². The van der Waals surface area contributed by atoms with E-state index in [2.05, 4.69) is 20.5 Å². The molecule has 0 aliphatic rings. The van der Waals surface area contributed by atoms with Crippen LogP contribution in [0.1, 0.15) is 15.9 Å². The van der Waals surface area contributed by atoms with E-state index in [1.165, 1.54) is 6.21 Å². The molecule has 0 atom stereocenters. The van der Waals surface area contributed by atoms with Crippen molar-refractivity contribution in [3.63, 3.8) is 0 Å². The van der Waals surface area contributed by atoms with Crippen LogP contribution in [0.5, 0.6) is 11.6 Å². The zero-order valence-electron chi connectivity index (χ0n) is 12.7. The van der Waals surface area contributed by atoms with E-state index in [1.807, 2.05) is 18.2 Å². The average molecular weight is 318 g/mol. The van der Waals surface area contributed by atoms with Crippen molar-refractivity contribution in [2.45, 2.75) is 0 Å². The lowest BCUT2D eigenvalue weighted by Crippen LogP contribution is -2.18. The van der Waals surface area contributed by atoms with Gasteiger partial charge in [-0.05, 0) is 42.0 Å². The molecule has 2 heterocycles. The predicted octanol–water partition coefficient (Wildman–Crippen LogP) is 3.03. The molecule has 0 radical (unpaired) electrons. The van der Waals surface area contributed by atoms with Crippen molar-refractivity contribution in [2.24, 2.45) is 5.10 Å². The first-order valence-corrected chi connectivity index (χ1v) is 7.24. The van der Waals surface area contributed by atoms with Gasteiger partial charge in [0.15, 0.2) is 0 Å². The van der Waals surface area contributed by atoms with Crippen LogP contribution in [-0.4, -0.2) is 22.1 Å². The second kappa shape index (κ2) is 7.64. The van der Waals surface area contributed by atoms with Crippen LogP contribution in [0.3, 0.4) is 0 Å². The van der Waals surface area contributed by atoms with Gasteiger partial charge in [-0.2, -0.15) is 5.10 Å². The summed E-state index contributed by atoms with van der Waals surface area (Å²) in [4.78, 5) is 20.3. The summed E-state index contributed by atoms with van der Waals surface area (Å²) in [6, 6.07) is 16.0. The first-order chi connectivity index (χ1) is 11.8. The lowest BCUT2D eigenvalue weighted by Gasteiger charge is -2.08. The van der Waals surface area contributed by atoms with Crippen LogP contribution in [0, 0.1) is 0 Å². The van der Waals surface area contributed by atoms with E-state index in [4.69, 9.17) is 4.74 Å². The molecule has 6 nitrogen and oxygen atoms in total. The van der Waals surface area contributed by atoms with E-state index in [0.29, 0.717) is 11.3 Å². The van der Waals surface area contributed by atoms with Gasteiger partial charge >= 0.3 is 0 Å². The maximum absolute atomic E-state index is 12.3. The summed E-state index contributed by atoms with van der Waals surface area (Å²) in [5.74, 6) is 0.421. The number of nitrogens with one attached hydrogen (secondary N) is 1. The number of hydrogen-bond acceptors (Lipinski definition) is 5. The van der Waals surface area contributed by atoms with E-state index >= 15 is 0 Å². The number of hydrazone groups is 1. The number of rotatable bonds is 5. The quantitative estimate of drug-likeness (QED) is 0.579. The Balaban J connectivity index is 1.72. The first-order valence-electron chi connectivity index (χ1n) is 7.24. The third kappa shape index (κ3) is 4.01. The molecule has 3 aromatic rings. The zero-order chi connectivity index (χ0) is 16.6. The number of benzene rings is 1. The van der Waals surface area contributed by atoms with Crippen molar-refractivity contribution >= 4 is 12.1 Å². The molecule has 0 spiro atoms. The Morgan fingerprint density at radius 1 is 1.00 bits per heavy atom. The highest BCUT2D eigenvalue weighted by Gasteiger charge is 2.13. The van der Waals surface area contributed by atoms with E-state index in [1.54, 1.807) is 55.0 Å². The molecule has 0 unspecified atom stereocenters. The second-order valence-corrected chi connectivity index (χ2v) is 4.75. The summed E-state index contributed by atoms with van der Waals surface area (Å²) in [5, 5.41) is 3.93. The van der Waals surface area contributed by atoms with Crippen LogP contribution < -0.4 is 10.2 Å². The highest BCUT2D eigenvalue weighted by atomic mass is 16.5. The number of aromatic nitrogens is 2. The summed E-state index contributed by atoms with van der Waals surface area (Å²) < 4.78 is 5.66. The molecule has 1 aromatic carbocycles. The zero-order valence-corrected chi connectivity index (χ0v) is 12.7. The molecule has 24 heavy (non-hydrogen) atoms. The highest BCUT2D eigenvalue weighted by Crippen LogP contribution is 2.22. The first kappa shape index (κ1) is 15.4. The maximum atomic E-state index is 12.3. The van der Waals surface area contributed by atoms with Crippen LogP contribution in [0.15, 0.2) is 78.3 Å². The minimum atomic E-state index is -0.403. The molecule has 3 rings (SSSR count). The predicted molar refractivity (Wildman–Crippen MR) is 90.1 cm³/mol. The third-order valence-electron chi connectivity index (χ3n) is 3.06. The van der Waals surface area contributed by atoms with Crippen molar-refractivity contribution < 1.29 is 9.53 Å². The molecule has 0 saturated carbocycles. The van der Waals surface area contributed by atoms with Crippen LogP contribution in [0.4, 0.5) is 0 Å². The molecular weight excluding hydrogens is 304 g/mol. The number of hydrogen-bond donors (Lipinski definition) is 1. The lowest BCUT2D eigenvalue weighted by atomic mass is 10.2. The molecule has 118 valence electrons. The minimum absolute atomic E-state index is 0.223. The van der Waals surface area contributed by atoms with Gasteiger partial charge < -0.3 is 4.74 Å². The van der Waals surface area contributed by atoms with Crippen molar-refractivity contribution in [3.8, 4) is 11.6 Å². The van der Waals surface area contributed by atoms with E-state index < -0.39 is 5.91 Å². The van der Waals surface area contributed by atoms with Crippen molar-refractivity contribution in [1.29, 1.82) is 0 Å². The largest absolute Gasteiger partial charge is 0.438 e. The molecule has 0 aliphatic carbocycles. The molecule has 6 heteroatoms. The van der Waals surface area contributed by atoms with Gasteiger partial charge in [-0.3, -0.25) is 9.78 Å². The molecule has 0 aliphatic heterocycles. The van der Waals surface area contributed by atoms with Gasteiger partial charge in [-0.15, -0.1) is 0 Å². The third-order valence-corrected chi connectivity index (χ3v) is 3.06. The number of pyridine rings is 2. The molecule has 1 N–H and O–H groups in total. The van der Waals surface area contributed by atoms with Gasteiger partial charge in [0.2, 0.25) is 5.88 Å². The number of carbonyl (C=O) groups is 1. The van der Waals surface area contributed by atoms with E-state index in [0.717, 1.165) is 5.56 Å². The topological polar surface area (TPSA) is 76.5 Å². The Morgan fingerprint density at radius 3 is 2.58 bits per heavy atom. The highest BCUT2D eigenvalue weighted by molar-refractivity contribution is 5.96. The van der Waals surface area contributed by atoms with E-state index in [-0.39, 0.29) is 5.88 Å². The molecular formula is C18H14N4O2. The maximum Gasteiger partial charge on any atom is 0.276 e. The average Bonchev–Trinajstić information content (AvgIpc) is 2.64. The van der Waals surface area contributed by atoms with Crippen molar-refractivity contribution in [3.05, 3.63) is 84.3 Å². The smallest absolute Gasteiger partial charge is 0.276 e. The molecule has 1 amide bonds. The van der Waals surface area contributed by atoms with Gasteiger partial charge in [0, 0.05) is 18.6 Å². The standard InChI is InChI=1S/C18H14N4O2/c23-17(22-21-13-14-8-11-19-12-9-14)16-7-4-10-20-18(16)24-15-5-2-1-3-6-15/h1-13H,(H,22,23)/b21-13+. The normalized spacial score (nSPS) is 10.5. The fourth-order valence-corrected chi connectivity index (χ4v) is 1.92. The Hall–Kier alpha value is -3.54. The van der Waals surface area contributed by atoms with Crippen LogP contribution >= 0.6 is 0 Å². The lowest BCUT2D eigenvalue weighted by molar-refractivity contribution is 0.0952. The van der Waals surface area contributed by atoms with Crippen LogP contribution in [-0.2, 0) is 0 Å². The summed E-state index contributed by atoms with van der Waals surface area (Å²) in [7, 11) is 0. The molecule has 0 fully saturated rings. The Bertz CT molecular complexity index is 836. The van der Waals surface area contributed by atoms with E-state index in [9.17, 15) is 4.79 Å². The van der Waals surface area contributed by atoms with Gasteiger partial charge in [0.1, 0.15) is 11.3 Å². The second-order valence-electron chi connectivity index (χ2n) is 4.75. The van der Waals surface area contributed by atoms with Crippen LogP contribution in [0.2, 0.25) is 0 Å². The fourth-order valence-electron chi connectivity index (χ4n) is 1.92. The number of amides is 1. The number of nitrogens with zero attached hydrogens (tertiary/aromatic N) is 3. The Morgan fingerprint density at radius 2 is 1.79 bits per heavy atom. The Kier molecular flexibility index (Phi) is 4.89. The minimum Gasteiger partial charge on any atom is -0.438 e. The number of para-hydroxylation sites is 1. The number of ether oxygens (including phenoxy) is 1. The fraction of sp³-hybridized carbons (Fsp3) is 0. The summed E-state index contributed by atoms with van der Waals surface area (Å²) in [6.07, 6.45) is 6.40. The number of carbonyl (C=O) groups excluding carboxylic acids is 1. The van der Waals surface area contributed by atoms with Crippen molar-refractivity contribution in [2.75, 3.05) is 0 Å². The Labute approximate surface area is 138 Å². The molecule has 0 bridgehead atoms. The summed E-state index contributed by atoms with van der Waals surface area (Å²) in [5.41, 5.74) is 3.59. The van der Waals surface area contributed by atoms with Gasteiger partial charge in [0.25, 0.3) is 5.91 Å². The molecule has 0 saturated heterocycles. The summed E-state index contributed by atoms with van der Waals surface area (Å²) in [6.45, 7) is 0. The van der Waals surface area contributed by atoms with Gasteiger partial charge in [-0.1, -0.05) is 18.2 Å². The summed E-state index contributed by atoms with van der Waals surface area (Å²) >= 11 is 0. The SMILES string of the molecule is O=C(N/N=C/c1ccncc1)c1cccnc1Oc1ccccc1. The van der Waals surface area contributed by atoms with Crippen LogP contribution in [0.25, 0.3) is 0 Å². The van der Waals surface area contributed by atoms with Crippen molar-refractivity contribution in [1.82, 2.24) is 15.4 Å². The monoisotopic (exact) mass is 318 g/mol.